The molecule has 0 N–H and O–H groups in total. The van der Waals surface area contributed by atoms with Gasteiger partial charge in [0.1, 0.15) is 0 Å². The molecule has 0 aliphatic rings. The van der Waals surface area contributed by atoms with Crippen LogP contribution in [0.25, 0.3) is 6.08 Å². The molecule has 2 aromatic carbocycles. The maximum Gasteiger partial charge on any atom is 0.185 e. The highest BCUT2D eigenvalue weighted by Crippen LogP contribution is 2.28. The molecule has 2 aromatic rings. The number of carbonyl (C=O) groups excluding carboxylic acids is 1. The largest absolute Gasteiger partial charge is 0.493 e. The highest BCUT2D eigenvalue weighted by Gasteiger charge is 2.06. The predicted octanol–water partition coefficient (Wildman–Crippen LogP) is 4.64. The summed E-state index contributed by atoms with van der Waals surface area (Å²) < 4.78 is 11.1. The molecule has 0 saturated carbocycles. The van der Waals surface area contributed by atoms with Crippen molar-refractivity contribution in [3.05, 3.63) is 65.2 Å². The maximum atomic E-state index is 12.2. The summed E-state index contributed by atoms with van der Waals surface area (Å²) in [5.41, 5.74) is 1.93. The average Bonchev–Trinajstić information content (AvgIpc) is 2.66. The number of methoxy groups -OCH3 is 1. The molecule has 0 atom stereocenters. The number of hydrogen-bond acceptors (Lipinski definition) is 4. The maximum absolute atomic E-state index is 12.2. The standard InChI is InChI=1S/C21H21NO3/c1-3-4-13-25-21-14-16(8-12-20(21)24-2)7-11-19(23)18-9-5-17(15-22)6-10-18/h5-12,14H,3-4,13H2,1-2H3/b11-7+. The lowest BCUT2D eigenvalue weighted by molar-refractivity contribution is 0.104. The third-order valence-corrected chi connectivity index (χ3v) is 3.67. The Morgan fingerprint density at radius 3 is 2.56 bits per heavy atom. The Kier molecular flexibility index (Phi) is 6.79. The summed E-state index contributed by atoms with van der Waals surface area (Å²) in [5.74, 6) is 1.23. The molecule has 0 unspecified atom stereocenters. The monoisotopic (exact) mass is 335 g/mol. The predicted molar refractivity (Wildman–Crippen MR) is 97.9 cm³/mol. The molecule has 0 aliphatic heterocycles. The van der Waals surface area contributed by atoms with Crippen LogP contribution >= 0.6 is 0 Å². The molecule has 0 heterocycles. The fourth-order valence-corrected chi connectivity index (χ4v) is 2.21. The van der Waals surface area contributed by atoms with Gasteiger partial charge in [-0.1, -0.05) is 25.5 Å². The summed E-state index contributed by atoms with van der Waals surface area (Å²) in [7, 11) is 1.60. The lowest BCUT2D eigenvalue weighted by atomic mass is 10.1. The summed E-state index contributed by atoms with van der Waals surface area (Å²) in [6.45, 7) is 2.73. The number of benzene rings is 2. The third-order valence-electron chi connectivity index (χ3n) is 3.67. The molecule has 2 rings (SSSR count). The van der Waals surface area contributed by atoms with Gasteiger partial charge < -0.3 is 9.47 Å². The van der Waals surface area contributed by atoms with Crippen molar-refractivity contribution in [3.63, 3.8) is 0 Å². The molecule has 0 fully saturated rings. The lowest BCUT2D eigenvalue weighted by Crippen LogP contribution is -1.99. The quantitative estimate of drug-likeness (QED) is 0.400. The highest BCUT2D eigenvalue weighted by atomic mass is 16.5. The first-order valence-corrected chi connectivity index (χ1v) is 8.21. The molecule has 0 aromatic heterocycles. The van der Waals surface area contributed by atoms with Crippen molar-refractivity contribution in [2.45, 2.75) is 19.8 Å². The Morgan fingerprint density at radius 2 is 1.92 bits per heavy atom. The normalized spacial score (nSPS) is 10.4. The number of hydrogen-bond donors (Lipinski definition) is 0. The van der Waals surface area contributed by atoms with Crippen LogP contribution in [-0.2, 0) is 0 Å². The van der Waals surface area contributed by atoms with E-state index in [1.807, 2.05) is 24.3 Å². The summed E-state index contributed by atoms with van der Waals surface area (Å²) in [4.78, 5) is 12.2. The zero-order valence-corrected chi connectivity index (χ0v) is 14.5. The highest BCUT2D eigenvalue weighted by molar-refractivity contribution is 6.06. The smallest absolute Gasteiger partial charge is 0.185 e. The van der Waals surface area contributed by atoms with Gasteiger partial charge in [-0.25, -0.2) is 0 Å². The van der Waals surface area contributed by atoms with Gasteiger partial charge in [-0.15, -0.1) is 0 Å². The van der Waals surface area contributed by atoms with E-state index < -0.39 is 0 Å². The van der Waals surface area contributed by atoms with Crippen LogP contribution in [0.5, 0.6) is 11.5 Å². The number of carbonyl (C=O) groups is 1. The summed E-state index contributed by atoms with van der Waals surface area (Å²) >= 11 is 0. The van der Waals surface area contributed by atoms with Crippen molar-refractivity contribution >= 4 is 11.9 Å². The fraction of sp³-hybridized carbons (Fsp3) is 0.238. The van der Waals surface area contributed by atoms with E-state index in [0.717, 1.165) is 18.4 Å². The molecular weight excluding hydrogens is 314 g/mol. The minimum Gasteiger partial charge on any atom is -0.493 e. The lowest BCUT2D eigenvalue weighted by Gasteiger charge is -2.11. The second kappa shape index (κ2) is 9.29. The van der Waals surface area contributed by atoms with E-state index in [2.05, 4.69) is 6.92 Å². The Bertz CT molecular complexity index is 786. The molecule has 4 heteroatoms. The molecule has 4 nitrogen and oxygen atoms in total. The second-order valence-electron chi connectivity index (χ2n) is 5.50. The van der Waals surface area contributed by atoms with E-state index in [9.17, 15) is 4.79 Å². The SMILES string of the molecule is CCCCOc1cc(/C=C/C(=O)c2ccc(C#N)cc2)ccc1OC. The van der Waals surface area contributed by atoms with Crippen LogP contribution in [-0.4, -0.2) is 19.5 Å². The molecule has 0 radical (unpaired) electrons. The zero-order chi connectivity index (χ0) is 18.1. The Balaban J connectivity index is 2.12. The summed E-state index contributed by atoms with van der Waals surface area (Å²) in [5, 5.41) is 8.79. The van der Waals surface area contributed by atoms with Crippen molar-refractivity contribution < 1.29 is 14.3 Å². The van der Waals surface area contributed by atoms with E-state index in [0.29, 0.717) is 29.2 Å². The van der Waals surface area contributed by atoms with Gasteiger partial charge >= 0.3 is 0 Å². The van der Waals surface area contributed by atoms with Crippen LogP contribution < -0.4 is 9.47 Å². The topological polar surface area (TPSA) is 59.3 Å². The van der Waals surface area contributed by atoms with Gasteiger partial charge in [-0.2, -0.15) is 5.26 Å². The van der Waals surface area contributed by atoms with Crippen molar-refractivity contribution in [3.8, 4) is 17.6 Å². The summed E-state index contributed by atoms with van der Waals surface area (Å²) in [6, 6.07) is 14.2. The van der Waals surface area contributed by atoms with Gasteiger partial charge in [0.2, 0.25) is 0 Å². The van der Waals surface area contributed by atoms with Crippen molar-refractivity contribution in [1.29, 1.82) is 5.26 Å². The first kappa shape index (κ1) is 18.3. The number of ketones is 1. The van der Waals surface area contributed by atoms with E-state index in [4.69, 9.17) is 14.7 Å². The number of rotatable bonds is 8. The van der Waals surface area contributed by atoms with Crippen LogP contribution in [0.2, 0.25) is 0 Å². The molecule has 0 bridgehead atoms. The molecule has 0 saturated heterocycles. The van der Waals surface area contributed by atoms with Crippen LogP contribution in [0, 0.1) is 11.3 Å². The Labute approximate surface area is 148 Å². The minimum atomic E-state index is -0.117. The Morgan fingerprint density at radius 1 is 1.16 bits per heavy atom. The number of nitrogens with zero attached hydrogens (tertiary/aromatic N) is 1. The Hall–Kier alpha value is -3.06. The summed E-state index contributed by atoms with van der Waals surface area (Å²) in [6.07, 6.45) is 5.28. The van der Waals surface area contributed by atoms with Crippen molar-refractivity contribution in [2.75, 3.05) is 13.7 Å². The van der Waals surface area contributed by atoms with Crippen molar-refractivity contribution in [1.82, 2.24) is 0 Å². The molecular formula is C21H21NO3. The van der Waals surface area contributed by atoms with Gasteiger partial charge in [0.05, 0.1) is 25.3 Å². The minimum absolute atomic E-state index is 0.117. The number of allylic oxidation sites excluding steroid dienone is 1. The third kappa shape index (κ3) is 5.22. The first-order valence-electron chi connectivity index (χ1n) is 8.21. The second-order valence-corrected chi connectivity index (χ2v) is 5.50. The van der Waals surface area contributed by atoms with Crippen LogP contribution in [0.15, 0.2) is 48.5 Å². The first-order chi connectivity index (χ1) is 12.2. The molecule has 0 amide bonds. The van der Waals surface area contributed by atoms with Gasteiger partial charge in [0, 0.05) is 5.56 Å². The van der Waals surface area contributed by atoms with Crippen LogP contribution in [0.4, 0.5) is 0 Å². The van der Waals surface area contributed by atoms with E-state index in [1.54, 1.807) is 37.5 Å². The van der Waals surface area contributed by atoms with E-state index in [1.165, 1.54) is 6.08 Å². The number of nitriles is 1. The zero-order valence-electron chi connectivity index (χ0n) is 14.5. The van der Waals surface area contributed by atoms with Gasteiger partial charge in [0.15, 0.2) is 17.3 Å². The molecule has 128 valence electrons. The van der Waals surface area contributed by atoms with Gasteiger partial charge in [-0.05, 0) is 54.5 Å². The van der Waals surface area contributed by atoms with Gasteiger partial charge in [0.25, 0.3) is 0 Å². The average molecular weight is 335 g/mol. The van der Waals surface area contributed by atoms with E-state index in [-0.39, 0.29) is 5.78 Å². The van der Waals surface area contributed by atoms with Gasteiger partial charge in [-0.3, -0.25) is 4.79 Å². The fourth-order valence-electron chi connectivity index (χ4n) is 2.21. The number of unbranched alkanes of at least 4 members (excludes halogenated alkanes) is 1. The van der Waals surface area contributed by atoms with E-state index >= 15 is 0 Å². The molecule has 0 aliphatic carbocycles. The molecule has 0 spiro atoms. The van der Waals surface area contributed by atoms with Crippen LogP contribution in [0.3, 0.4) is 0 Å². The number of ether oxygens (including phenoxy) is 2. The molecule has 25 heavy (non-hydrogen) atoms. The van der Waals surface area contributed by atoms with Crippen LogP contribution in [0.1, 0.15) is 41.3 Å². The van der Waals surface area contributed by atoms with Crippen molar-refractivity contribution in [2.24, 2.45) is 0 Å².